The molecule has 3 N–H and O–H groups in total. The summed E-state index contributed by atoms with van der Waals surface area (Å²) in [4.78, 5) is 51.4. The first kappa shape index (κ1) is 28.4. The molecule has 9 heteroatoms. The van der Waals surface area contributed by atoms with Crippen LogP contribution < -0.4 is 16.1 Å². The lowest BCUT2D eigenvalue weighted by Crippen LogP contribution is -2.61. The maximum atomic E-state index is 13.1. The van der Waals surface area contributed by atoms with Gasteiger partial charge in [0.15, 0.2) is 6.10 Å². The predicted octanol–water partition coefficient (Wildman–Crippen LogP) is 3.02. The molecule has 1 fully saturated rings. The molecule has 3 amide bonds. The number of ether oxygens (including phenoxy) is 1. The molecule has 202 valence electrons. The Bertz CT molecular complexity index is 1010. The first-order valence-electron chi connectivity index (χ1n) is 13.3. The number of rotatable bonds is 1. The number of allylic oxidation sites excluding steroid dienone is 1. The number of amides is 3. The maximum absolute atomic E-state index is 13.1. The van der Waals surface area contributed by atoms with E-state index in [2.05, 4.69) is 22.1 Å². The van der Waals surface area contributed by atoms with Crippen molar-refractivity contribution >= 4 is 29.8 Å². The summed E-state index contributed by atoms with van der Waals surface area (Å²) in [6.07, 6.45) is 6.86. The lowest BCUT2D eigenvalue weighted by atomic mass is 10.0. The number of esters is 1. The molecule has 9 nitrogen and oxygen atoms in total. The number of hydrogen-bond acceptors (Lipinski definition) is 6. The zero-order valence-corrected chi connectivity index (χ0v) is 22.3. The molecule has 0 aliphatic carbocycles. The summed E-state index contributed by atoms with van der Waals surface area (Å²) in [5, 5.41) is 7.14. The molecular formula is C28H40N4O5. The van der Waals surface area contributed by atoms with Crippen molar-refractivity contribution in [3.05, 3.63) is 41.5 Å². The Labute approximate surface area is 219 Å². The molecule has 0 radical (unpaired) electrons. The van der Waals surface area contributed by atoms with Crippen LogP contribution in [-0.4, -0.2) is 53.4 Å². The Kier molecular flexibility index (Phi) is 10.3. The summed E-state index contributed by atoms with van der Waals surface area (Å²) in [5.41, 5.74) is 5.05. The van der Waals surface area contributed by atoms with Gasteiger partial charge >= 0.3 is 5.97 Å². The van der Waals surface area contributed by atoms with Crippen LogP contribution in [0.15, 0.2) is 30.3 Å². The number of carbonyl (C=O) groups excluding carboxylic acids is 4. The summed E-state index contributed by atoms with van der Waals surface area (Å²) in [6, 6.07) is 6.38. The standard InChI is InChI=1S/C28H40N4O5/c1-18(2)25-27(35)30-20(4)28(36)32-16-10-14-23(31-32)26(34)29-19(3)22-13-9-12-21(17-22)11-7-5-6-8-15-24(33)37-25/h7,9,11-13,17-20,23,25,31H,5-6,8,10,14-16H2,1-4H3,(H,29,34)(H,30,35). The Morgan fingerprint density at radius 1 is 0.973 bits per heavy atom. The van der Waals surface area contributed by atoms with E-state index in [0.29, 0.717) is 25.8 Å². The summed E-state index contributed by atoms with van der Waals surface area (Å²) in [5.74, 6) is -1.72. The number of benzene rings is 1. The monoisotopic (exact) mass is 512 g/mol. The molecule has 2 aliphatic rings. The quantitative estimate of drug-likeness (QED) is 0.498. The minimum Gasteiger partial charge on any atom is -0.452 e. The average molecular weight is 513 g/mol. The second kappa shape index (κ2) is 13.4. The number of cyclic esters (lactones) is 1. The lowest BCUT2D eigenvalue weighted by Gasteiger charge is -2.35. The first-order chi connectivity index (χ1) is 17.7. The Hall–Kier alpha value is -3.20. The Balaban J connectivity index is 1.79. The van der Waals surface area contributed by atoms with Crippen molar-refractivity contribution in [3.8, 4) is 0 Å². The Morgan fingerprint density at radius 2 is 1.73 bits per heavy atom. The molecule has 0 spiro atoms. The van der Waals surface area contributed by atoms with Gasteiger partial charge in [0.1, 0.15) is 12.1 Å². The molecule has 1 aromatic carbocycles. The second-order valence-corrected chi connectivity index (χ2v) is 10.2. The van der Waals surface area contributed by atoms with Crippen molar-refractivity contribution in [1.29, 1.82) is 0 Å². The van der Waals surface area contributed by atoms with Gasteiger partial charge in [0.25, 0.3) is 11.8 Å². The minimum absolute atomic E-state index is 0.184. The smallest absolute Gasteiger partial charge is 0.306 e. The fraction of sp³-hybridized carbons (Fsp3) is 0.571. The van der Waals surface area contributed by atoms with Crippen LogP contribution in [0.3, 0.4) is 0 Å². The molecule has 37 heavy (non-hydrogen) atoms. The van der Waals surface area contributed by atoms with E-state index >= 15 is 0 Å². The lowest BCUT2D eigenvalue weighted by molar-refractivity contribution is -0.159. The maximum Gasteiger partial charge on any atom is 0.306 e. The highest BCUT2D eigenvalue weighted by Crippen LogP contribution is 2.18. The minimum atomic E-state index is -0.984. The zero-order valence-electron chi connectivity index (χ0n) is 22.3. The summed E-state index contributed by atoms with van der Waals surface area (Å²) in [6.45, 7) is 7.54. The second-order valence-electron chi connectivity index (χ2n) is 10.2. The molecule has 4 bridgehead atoms. The van der Waals surface area contributed by atoms with E-state index in [1.807, 2.05) is 37.3 Å². The Morgan fingerprint density at radius 3 is 2.49 bits per heavy atom. The van der Waals surface area contributed by atoms with Crippen molar-refractivity contribution in [1.82, 2.24) is 21.1 Å². The third-order valence-corrected chi connectivity index (χ3v) is 6.70. The molecule has 2 aliphatic heterocycles. The highest BCUT2D eigenvalue weighted by atomic mass is 16.5. The van der Waals surface area contributed by atoms with Crippen LogP contribution in [0.1, 0.15) is 83.4 Å². The van der Waals surface area contributed by atoms with Crippen LogP contribution in [0.4, 0.5) is 0 Å². The third-order valence-electron chi connectivity index (χ3n) is 6.70. The van der Waals surface area contributed by atoms with E-state index in [1.54, 1.807) is 20.8 Å². The molecule has 3 rings (SSSR count). The molecule has 0 saturated carbocycles. The zero-order chi connectivity index (χ0) is 26.9. The van der Waals surface area contributed by atoms with Crippen molar-refractivity contribution < 1.29 is 23.9 Å². The number of fused-ring (bicyclic) bond motifs is 4. The van der Waals surface area contributed by atoms with Gasteiger partial charge in [0, 0.05) is 13.0 Å². The average Bonchev–Trinajstić information content (AvgIpc) is 2.88. The SMILES string of the molecule is CC1NC(=O)C(C(C)C)OC(=O)CCCCC=Cc2cccc(c2)C(C)NC(=O)C2CCCN(N2)C1=O. The largest absolute Gasteiger partial charge is 0.452 e. The highest BCUT2D eigenvalue weighted by molar-refractivity contribution is 5.90. The van der Waals surface area contributed by atoms with Crippen LogP contribution in [0.2, 0.25) is 0 Å². The number of hydrogen-bond donors (Lipinski definition) is 3. The highest BCUT2D eigenvalue weighted by Gasteiger charge is 2.33. The van der Waals surface area contributed by atoms with E-state index in [1.165, 1.54) is 5.01 Å². The fourth-order valence-corrected chi connectivity index (χ4v) is 4.50. The van der Waals surface area contributed by atoms with Gasteiger partial charge in [-0.1, -0.05) is 44.2 Å². The number of nitrogens with one attached hydrogen (secondary N) is 3. The van der Waals surface area contributed by atoms with E-state index in [0.717, 1.165) is 24.0 Å². The molecule has 0 aromatic heterocycles. The van der Waals surface area contributed by atoms with E-state index in [4.69, 9.17) is 4.74 Å². The van der Waals surface area contributed by atoms with Crippen LogP contribution in [0, 0.1) is 5.92 Å². The molecule has 4 unspecified atom stereocenters. The van der Waals surface area contributed by atoms with Gasteiger partial charge in [0.05, 0.1) is 6.04 Å². The fourth-order valence-electron chi connectivity index (χ4n) is 4.50. The molecule has 2 heterocycles. The van der Waals surface area contributed by atoms with E-state index < -0.39 is 30.1 Å². The van der Waals surface area contributed by atoms with Crippen molar-refractivity contribution in [2.75, 3.05) is 6.54 Å². The van der Waals surface area contributed by atoms with Gasteiger partial charge in [0.2, 0.25) is 5.91 Å². The van der Waals surface area contributed by atoms with Crippen LogP contribution in [0.25, 0.3) is 6.08 Å². The van der Waals surface area contributed by atoms with Gasteiger partial charge in [-0.3, -0.25) is 24.2 Å². The number of hydrazine groups is 1. The summed E-state index contributed by atoms with van der Waals surface area (Å²) in [7, 11) is 0. The van der Waals surface area contributed by atoms with Crippen molar-refractivity contribution in [3.63, 3.8) is 0 Å². The number of carbonyl (C=O) groups is 4. The van der Waals surface area contributed by atoms with Crippen molar-refractivity contribution in [2.45, 2.75) is 90.4 Å². The van der Waals surface area contributed by atoms with Gasteiger partial charge in [-0.15, -0.1) is 0 Å². The van der Waals surface area contributed by atoms with Crippen molar-refractivity contribution in [2.24, 2.45) is 5.92 Å². The van der Waals surface area contributed by atoms with Gasteiger partial charge in [-0.25, -0.2) is 5.43 Å². The number of nitrogens with zero attached hydrogens (tertiary/aromatic N) is 1. The van der Waals surface area contributed by atoms with Gasteiger partial charge in [-0.2, -0.15) is 0 Å². The topological polar surface area (TPSA) is 117 Å². The van der Waals surface area contributed by atoms with E-state index in [9.17, 15) is 19.2 Å². The van der Waals surface area contributed by atoms with Crippen LogP contribution >= 0.6 is 0 Å². The summed E-state index contributed by atoms with van der Waals surface area (Å²) >= 11 is 0. The molecule has 4 atom stereocenters. The van der Waals surface area contributed by atoms with Crippen LogP contribution in [0.5, 0.6) is 0 Å². The van der Waals surface area contributed by atoms with E-state index in [-0.39, 0.29) is 30.2 Å². The predicted molar refractivity (Wildman–Crippen MR) is 141 cm³/mol. The summed E-state index contributed by atoms with van der Waals surface area (Å²) < 4.78 is 5.49. The normalized spacial score (nSPS) is 27.0. The van der Waals surface area contributed by atoms with Crippen LogP contribution in [-0.2, 0) is 23.9 Å². The third kappa shape index (κ3) is 8.15. The van der Waals surface area contributed by atoms with Gasteiger partial charge < -0.3 is 15.4 Å². The molecular weight excluding hydrogens is 472 g/mol. The molecule has 1 saturated heterocycles. The first-order valence-corrected chi connectivity index (χ1v) is 13.3. The van der Waals surface area contributed by atoms with Gasteiger partial charge in [-0.05, 0) is 69.1 Å². The molecule has 1 aromatic rings.